The van der Waals surface area contributed by atoms with E-state index in [1.165, 1.54) is 26.6 Å². The van der Waals surface area contributed by atoms with Crippen LogP contribution in [0.4, 0.5) is 0 Å². The first kappa shape index (κ1) is 22.0. The van der Waals surface area contributed by atoms with E-state index in [1.807, 2.05) is 18.2 Å². The minimum atomic E-state index is -1.04. The summed E-state index contributed by atoms with van der Waals surface area (Å²) in [4.78, 5) is 13.7. The van der Waals surface area contributed by atoms with Crippen molar-refractivity contribution in [3.8, 4) is 22.3 Å². The van der Waals surface area contributed by atoms with E-state index >= 15 is 0 Å². The minimum absolute atomic E-state index is 0.183. The molecule has 1 saturated heterocycles. The van der Waals surface area contributed by atoms with Gasteiger partial charge in [-0.3, -0.25) is 9.80 Å². The van der Waals surface area contributed by atoms with Crippen LogP contribution >= 0.6 is 0 Å². The highest BCUT2D eigenvalue weighted by molar-refractivity contribution is 6.30. The summed E-state index contributed by atoms with van der Waals surface area (Å²) in [5.41, 5.74) is 6.77. The average molecular weight is 483 g/mol. The summed E-state index contributed by atoms with van der Waals surface area (Å²) in [7, 11) is 3.46. The van der Waals surface area contributed by atoms with E-state index in [0.717, 1.165) is 45.0 Å². The summed E-state index contributed by atoms with van der Waals surface area (Å²) < 4.78 is 0. The number of aliphatic hydroxyl groups is 1. The Morgan fingerprint density at radius 3 is 2.19 bits per heavy atom. The molecule has 0 radical (unpaired) electrons. The number of hydrogen-bond acceptors (Lipinski definition) is 3. The number of carbonyl (C=O) groups is 1. The zero-order valence-electron chi connectivity index (χ0n) is 20.8. The number of aliphatic hydroxyl groups excluding tert-OH is 1. The number of amides is 1. The Kier molecular flexibility index (Phi) is 4.83. The molecule has 4 nitrogen and oxygen atoms in total. The van der Waals surface area contributed by atoms with Crippen LogP contribution in [-0.2, 0) is 4.79 Å². The third-order valence-electron chi connectivity index (χ3n) is 7.90. The van der Waals surface area contributed by atoms with Crippen molar-refractivity contribution < 1.29 is 9.90 Å². The topological polar surface area (TPSA) is 43.8 Å². The van der Waals surface area contributed by atoms with E-state index in [4.69, 9.17) is 0 Å². The molecule has 1 heterocycles. The second-order valence-corrected chi connectivity index (χ2v) is 9.83. The van der Waals surface area contributed by atoms with E-state index in [9.17, 15) is 9.90 Å². The van der Waals surface area contributed by atoms with Crippen molar-refractivity contribution in [3.05, 3.63) is 108 Å². The average Bonchev–Trinajstić information content (AvgIpc) is 3.36. The fourth-order valence-electron chi connectivity index (χ4n) is 6.13. The number of carbonyl (C=O) groups excluding carboxylic acids is 1. The predicted molar refractivity (Wildman–Crippen MR) is 151 cm³/mol. The van der Waals surface area contributed by atoms with Crippen LogP contribution in [0, 0.1) is 0 Å². The van der Waals surface area contributed by atoms with E-state index in [0.29, 0.717) is 5.57 Å². The van der Waals surface area contributed by atoms with Gasteiger partial charge in [-0.25, -0.2) is 0 Å². The zero-order valence-corrected chi connectivity index (χ0v) is 20.8. The maximum Gasteiger partial charge on any atom is 0.268 e. The lowest BCUT2D eigenvalue weighted by molar-refractivity contribution is -0.135. The number of benzene rings is 3. The predicted octanol–water partition coefficient (Wildman–Crippen LogP) is 5.61. The molecule has 4 aliphatic rings. The van der Waals surface area contributed by atoms with Crippen molar-refractivity contribution in [3.63, 3.8) is 0 Å². The molecule has 1 aliphatic heterocycles. The molecule has 180 valence electrons. The van der Waals surface area contributed by atoms with Crippen LogP contribution in [0.15, 0.2) is 97.1 Å². The van der Waals surface area contributed by atoms with Crippen molar-refractivity contribution in [1.29, 1.82) is 0 Å². The number of hydrazine groups is 1. The van der Waals surface area contributed by atoms with Crippen molar-refractivity contribution in [1.82, 2.24) is 10.0 Å². The number of hydrogen-bond donors (Lipinski definition) is 1. The lowest BCUT2D eigenvalue weighted by Crippen LogP contribution is -2.36. The van der Waals surface area contributed by atoms with Gasteiger partial charge in [0.05, 0.1) is 5.57 Å². The maximum absolute atomic E-state index is 13.7. The van der Waals surface area contributed by atoms with Gasteiger partial charge in [0.2, 0.25) is 0 Å². The molecule has 37 heavy (non-hydrogen) atoms. The highest BCUT2D eigenvalue weighted by Crippen LogP contribution is 2.51. The Balaban J connectivity index is 1.80. The third-order valence-corrected chi connectivity index (χ3v) is 7.90. The number of allylic oxidation sites excluding steroid dienone is 6. The lowest BCUT2D eigenvalue weighted by atomic mass is 9.96. The van der Waals surface area contributed by atoms with Gasteiger partial charge in [-0.15, -0.1) is 0 Å². The molecule has 3 aliphatic carbocycles. The molecule has 3 aromatic carbocycles. The van der Waals surface area contributed by atoms with E-state index < -0.39 is 6.23 Å². The molecule has 7 rings (SSSR count). The van der Waals surface area contributed by atoms with Gasteiger partial charge in [0.1, 0.15) is 0 Å². The van der Waals surface area contributed by atoms with Gasteiger partial charge in [0.25, 0.3) is 5.91 Å². The van der Waals surface area contributed by atoms with Crippen molar-refractivity contribution in [2.75, 3.05) is 14.1 Å². The summed E-state index contributed by atoms with van der Waals surface area (Å²) in [5, 5.41) is 20.1. The van der Waals surface area contributed by atoms with Crippen LogP contribution in [-0.4, -0.2) is 41.4 Å². The van der Waals surface area contributed by atoms with Crippen LogP contribution in [0.2, 0.25) is 0 Å². The molecule has 1 atom stereocenters. The molecule has 0 aromatic heterocycles. The highest BCUT2D eigenvalue weighted by Gasteiger charge is 2.40. The minimum Gasteiger partial charge on any atom is -0.372 e. The number of fused-ring (bicyclic) bond motifs is 3. The van der Waals surface area contributed by atoms with Crippen LogP contribution in [0.5, 0.6) is 0 Å². The molecule has 0 spiro atoms. The monoisotopic (exact) mass is 482 g/mol. The summed E-state index contributed by atoms with van der Waals surface area (Å²) in [6, 6.07) is 23.2. The Labute approximate surface area is 215 Å². The summed E-state index contributed by atoms with van der Waals surface area (Å²) in [6.45, 7) is 0. The van der Waals surface area contributed by atoms with Crippen molar-refractivity contribution >= 4 is 38.6 Å². The maximum atomic E-state index is 13.7. The SMILES string of the molecule is CN1C(=O)/C(=c2\c(C3=CC=CCC=C3)c3c4cccc5cccc(c-3c2-c2ccccc2)c54)C(O)N1C. The number of nitrogens with zero attached hydrogens (tertiary/aromatic N) is 2. The molecule has 1 amide bonds. The third kappa shape index (κ3) is 3.00. The normalized spacial score (nSPS) is 20.1. The summed E-state index contributed by atoms with van der Waals surface area (Å²) in [6.07, 6.45) is 10.4. The van der Waals surface area contributed by atoms with Crippen LogP contribution in [0.1, 0.15) is 12.0 Å². The lowest BCUT2D eigenvalue weighted by Gasteiger charge is -2.20. The first-order chi connectivity index (χ1) is 18.1. The first-order valence-electron chi connectivity index (χ1n) is 12.6. The molecule has 0 bridgehead atoms. The Hall–Kier alpha value is -4.25. The van der Waals surface area contributed by atoms with Crippen molar-refractivity contribution in [2.24, 2.45) is 0 Å². The highest BCUT2D eigenvalue weighted by atomic mass is 16.3. The smallest absolute Gasteiger partial charge is 0.268 e. The fourth-order valence-corrected chi connectivity index (χ4v) is 6.13. The molecule has 1 unspecified atom stereocenters. The molecule has 4 heteroatoms. The summed E-state index contributed by atoms with van der Waals surface area (Å²) in [5.74, 6) is -0.183. The van der Waals surface area contributed by atoms with Gasteiger partial charge in [-0.05, 0) is 61.4 Å². The van der Waals surface area contributed by atoms with Crippen molar-refractivity contribution in [2.45, 2.75) is 12.6 Å². The largest absolute Gasteiger partial charge is 0.372 e. The van der Waals surface area contributed by atoms with E-state index in [1.54, 1.807) is 19.1 Å². The Bertz CT molecular complexity index is 1810. The first-order valence-corrected chi connectivity index (χ1v) is 12.6. The van der Waals surface area contributed by atoms with Gasteiger partial charge < -0.3 is 5.11 Å². The van der Waals surface area contributed by atoms with Gasteiger partial charge in [0, 0.05) is 19.3 Å². The van der Waals surface area contributed by atoms with Crippen LogP contribution in [0.25, 0.3) is 54.9 Å². The molecule has 0 saturated carbocycles. The molecule has 1 fully saturated rings. The Morgan fingerprint density at radius 1 is 0.811 bits per heavy atom. The number of rotatable bonds is 2. The van der Waals surface area contributed by atoms with E-state index in [2.05, 4.69) is 78.9 Å². The zero-order chi connectivity index (χ0) is 25.3. The second kappa shape index (κ2) is 8.13. The summed E-state index contributed by atoms with van der Waals surface area (Å²) >= 11 is 0. The van der Waals surface area contributed by atoms with Crippen LogP contribution in [0.3, 0.4) is 0 Å². The second-order valence-electron chi connectivity index (χ2n) is 9.83. The Morgan fingerprint density at radius 2 is 1.51 bits per heavy atom. The standard InChI is InChI=1S/C33H26N2O2/c1-34-32(36)31(33(37)35(34)2)30-26(21-12-6-3-4-7-13-21)28-23-18-10-16-20-17-11-19-24(25(20)23)29(28)27(30)22-14-8-5-9-15-22/h3,5-19,32,36H,4H2,1-2H3/b31-30+. The van der Waals surface area contributed by atoms with Crippen LogP contribution < -0.4 is 5.22 Å². The quantitative estimate of drug-likeness (QED) is 0.356. The van der Waals surface area contributed by atoms with Gasteiger partial charge in [-0.1, -0.05) is 97.1 Å². The molecular weight excluding hydrogens is 456 g/mol. The fraction of sp³-hybridized carbons (Fsp3) is 0.121. The molecule has 3 aromatic rings. The van der Waals surface area contributed by atoms with E-state index in [-0.39, 0.29) is 5.91 Å². The van der Waals surface area contributed by atoms with Gasteiger partial charge in [0.15, 0.2) is 6.23 Å². The molecular formula is C33H26N2O2. The van der Waals surface area contributed by atoms with Gasteiger partial charge >= 0.3 is 0 Å². The van der Waals surface area contributed by atoms with Gasteiger partial charge in [-0.2, -0.15) is 5.01 Å². The molecule has 1 N–H and O–H groups in total.